The Labute approximate surface area is 127 Å². The molecule has 2 N–H and O–H groups in total. The molecule has 0 amide bonds. The van der Waals surface area contributed by atoms with Crippen molar-refractivity contribution in [2.75, 3.05) is 0 Å². The summed E-state index contributed by atoms with van der Waals surface area (Å²) < 4.78 is 11.9. The molecule has 1 atom stereocenters. The fraction of sp³-hybridized carbons (Fsp3) is 0.562. The second kappa shape index (κ2) is 5.56. The quantitative estimate of drug-likeness (QED) is 0.868. The molecule has 1 aliphatic heterocycles. The maximum atomic E-state index is 6.05. The molecule has 4 nitrogen and oxygen atoms in total. The zero-order chi connectivity index (χ0) is 15.8. The van der Waals surface area contributed by atoms with Gasteiger partial charge in [0.15, 0.2) is 0 Å². The molecule has 5 heteroatoms. The van der Waals surface area contributed by atoms with Gasteiger partial charge in [0.05, 0.1) is 16.9 Å². The van der Waals surface area contributed by atoms with Gasteiger partial charge in [0.25, 0.3) is 0 Å². The number of nitrogens with zero attached hydrogens (tertiary/aromatic N) is 1. The van der Waals surface area contributed by atoms with E-state index in [-0.39, 0.29) is 24.4 Å². The first-order valence-electron chi connectivity index (χ1n) is 7.39. The number of rotatable bonds is 3. The number of hydrogen-bond donors (Lipinski definition) is 1. The average molecular weight is 288 g/mol. The third-order valence-electron chi connectivity index (χ3n) is 4.38. The predicted molar refractivity (Wildman–Crippen MR) is 86.7 cm³/mol. The van der Waals surface area contributed by atoms with E-state index in [1.54, 1.807) is 6.20 Å². The number of nitrogens with two attached hydrogens (primary N) is 1. The monoisotopic (exact) mass is 288 g/mol. The first-order chi connectivity index (χ1) is 9.64. The highest BCUT2D eigenvalue weighted by Gasteiger charge is 2.50. The Hall–Kier alpha value is -1.17. The molecule has 1 aliphatic rings. The van der Waals surface area contributed by atoms with E-state index in [1.165, 1.54) is 0 Å². The SMILES string of the molecule is Cc1ccnc(/C=C/B2OC(C)(C)C(C)(C)O2)c1[C@@H](C)N. The van der Waals surface area contributed by atoms with Gasteiger partial charge in [0, 0.05) is 12.2 Å². The fourth-order valence-electron chi connectivity index (χ4n) is 2.45. The zero-order valence-electron chi connectivity index (χ0n) is 13.8. The molecular weight excluding hydrogens is 263 g/mol. The van der Waals surface area contributed by atoms with E-state index in [1.807, 2.05) is 59.7 Å². The van der Waals surface area contributed by atoms with Crippen LogP contribution >= 0.6 is 0 Å². The molecule has 21 heavy (non-hydrogen) atoms. The highest BCUT2D eigenvalue weighted by atomic mass is 16.7. The van der Waals surface area contributed by atoms with Crippen molar-refractivity contribution >= 4 is 13.2 Å². The van der Waals surface area contributed by atoms with Crippen LogP contribution in [0, 0.1) is 6.92 Å². The lowest BCUT2D eigenvalue weighted by molar-refractivity contribution is 0.00578. The molecule has 0 saturated carbocycles. The van der Waals surface area contributed by atoms with Crippen molar-refractivity contribution < 1.29 is 9.31 Å². The molecule has 2 heterocycles. The Kier molecular flexibility index (Phi) is 4.29. The van der Waals surface area contributed by atoms with Gasteiger partial charge in [-0.3, -0.25) is 4.98 Å². The molecule has 114 valence electrons. The third-order valence-corrected chi connectivity index (χ3v) is 4.38. The number of pyridine rings is 1. The predicted octanol–water partition coefficient (Wildman–Crippen LogP) is 3.05. The maximum Gasteiger partial charge on any atom is 0.487 e. The van der Waals surface area contributed by atoms with E-state index >= 15 is 0 Å². The summed E-state index contributed by atoms with van der Waals surface area (Å²) in [7, 11) is -0.363. The summed E-state index contributed by atoms with van der Waals surface area (Å²) in [5.74, 6) is 1.91. The van der Waals surface area contributed by atoms with Crippen LogP contribution in [-0.2, 0) is 9.31 Å². The van der Waals surface area contributed by atoms with Crippen LogP contribution in [0.25, 0.3) is 6.08 Å². The Balaban J connectivity index is 2.22. The lowest BCUT2D eigenvalue weighted by Gasteiger charge is -2.32. The molecular formula is C16H25BN2O2. The Morgan fingerprint density at radius 2 is 1.81 bits per heavy atom. The number of aryl methyl sites for hydroxylation is 1. The third kappa shape index (κ3) is 3.20. The van der Waals surface area contributed by atoms with Crippen LogP contribution in [0.3, 0.4) is 0 Å². The lowest BCUT2D eigenvalue weighted by Crippen LogP contribution is -2.41. The van der Waals surface area contributed by atoms with Crippen molar-refractivity contribution in [3.8, 4) is 0 Å². The minimum Gasteiger partial charge on any atom is -0.400 e. The van der Waals surface area contributed by atoms with Gasteiger partial charge in [-0.15, -0.1) is 0 Å². The highest BCUT2D eigenvalue weighted by molar-refractivity contribution is 6.52. The van der Waals surface area contributed by atoms with Gasteiger partial charge in [0.1, 0.15) is 0 Å². The van der Waals surface area contributed by atoms with Gasteiger partial charge in [-0.05, 0) is 64.8 Å². The molecule has 1 aromatic heterocycles. The van der Waals surface area contributed by atoms with Gasteiger partial charge in [-0.2, -0.15) is 0 Å². The molecule has 0 bridgehead atoms. The second-order valence-electron chi connectivity index (χ2n) is 6.70. The summed E-state index contributed by atoms with van der Waals surface area (Å²) in [5, 5.41) is 0. The van der Waals surface area contributed by atoms with Crippen LogP contribution < -0.4 is 5.73 Å². The number of aromatic nitrogens is 1. The van der Waals surface area contributed by atoms with Crippen molar-refractivity contribution in [3.63, 3.8) is 0 Å². The van der Waals surface area contributed by atoms with E-state index in [0.717, 1.165) is 16.8 Å². The summed E-state index contributed by atoms with van der Waals surface area (Å²) in [5.41, 5.74) is 8.48. The summed E-state index contributed by atoms with van der Waals surface area (Å²) in [6.45, 7) is 12.2. The molecule has 1 fully saturated rings. The average Bonchev–Trinajstić information content (AvgIpc) is 2.54. The first-order valence-corrected chi connectivity index (χ1v) is 7.39. The summed E-state index contributed by atoms with van der Waals surface area (Å²) in [4.78, 5) is 4.42. The second-order valence-corrected chi connectivity index (χ2v) is 6.70. The smallest absolute Gasteiger partial charge is 0.400 e. The van der Waals surface area contributed by atoms with Gasteiger partial charge in [0.2, 0.25) is 0 Å². The van der Waals surface area contributed by atoms with Crippen molar-refractivity contribution in [3.05, 3.63) is 35.1 Å². The van der Waals surface area contributed by atoms with Crippen molar-refractivity contribution in [1.29, 1.82) is 0 Å². The largest absolute Gasteiger partial charge is 0.487 e. The van der Waals surface area contributed by atoms with Gasteiger partial charge in [-0.25, -0.2) is 0 Å². The molecule has 2 rings (SSSR count). The van der Waals surface area contributed by atoms with Gasteiger partial charge >= 0.3 is 7.12 Å². The molecule has 1 saturated heterocycles. The van der Waals surface area contributed by atoms with Crippen LogP contribution in [0.2, 0.25) is 0 Å². The minimum atomic E-state index is -0.363. The maximum absolute atomic E-state index is 6.05. The molecule has 0 unspecified atom stereocenters. The van der Waals surface area contributed by atoms with E-state index in [2.05, 4.69) is 4.98 Å². The van der Waals surface area contributed by atoms with Crippen molar-refractivity contribution in [1.82, 2.24) is 4.98 Å². The number of hydrogen-bond acceptors (Lipinski definition) is 4. The van der Waals surface area contributed by atoms with Crippen LogP contribution in [-0.4, -0.2) is 23.3 Å². The molecule has 0 aliphatic carbocycles. The van der Waals surface area contributed by atoms with Crippen LogP contribution in [0.4, 0.5) is 0 Å². The summed E-state index contributed by atoms with van der Waals surface area (Å²) in [6.07, 6.45) is 3.74. The molecule has 0 spiro atoms. The molecule has 1 aromatic rings. The Morgan fingerprint density at radius 1 is 1.24 bits per heavy atom. The van der Waals surface area contributed by atoms with E-state index < -0.39 is 0 Å². The van der Waals surface area contributed by atoms with Gasteiger partial charge in [-0.1, -0.05) is 5.98 Å². The van der Waals surface area contributed by atoms with E-state index in [4.69, 9.17) is 15.0 Å². The van der Waals surface area contributed by atoms with Crippen molar-refractivity contribution in [2.24, 2.45) is 5.73 Å². The topological polar surface area (TPSA) is 57.4 Å². The molecule has 0 aromatic carbocycles. The van der Waals surface area contributed by atoms with Gasteiger partial charge < -0.3 is 15.0 Å². The van der Waals surface area contributed by atoms with Crippen LogP contribution in [0.5, 0.6) is 0 Å². The standard InChI is InChI=1S/C16H25BN2O2/c1-11-8-10-19-13(14(11)12(2)18)7-9-17-20-15(3,4)16(5,6)21-17/h7-10,12H,18H2,1-6H3/b9-7+/t12-/m1/s1. The van der Waals surface area contributed by atoms with Crippen molar-refractivity contribution in [2.45, 2.75) is 58.8 Å². The highest BCUT2D eigenvalue weighted by Crippen LogP contribution is 2.37. The summed E-state index contributed by atoms with van der Waals surface area (Å²) in [6, 6.07) is 1.92. The van der Waals surface area contributed by atoms with E-state index in [0.29, 0.717) is 0 Å². The molecule has 0 radical (unpaired) electrons. The zero-order valence-corrected chi connectivity index (χ0v) is 13.8. The normalized spacial score (nSPS) is 22.0. The van der Waals surface area contributed by atoms with Crippen LogP contribution in [0.15, 0.2) is 18.2 Å². The summed E-state index contributed by atoms with van der Waals surface area (Å²) >= 11 is 0. The Morgan fingerprint density at radius 3 is 2.33 bits per heavy atom. The minimum absolute atomic E-state index is 0.0587. The first kappa shape index (κ1) is 16.2. The Bertz CT molecular complexity index is 537. The van der Waals surface area contributed by atoms with E-state index in [9.17, 15) is 0 Å². The fourth-order valence-corrected chi connectivity index (χ4v) is 2.45. The van der Waals surface area contributed by atoms with Crippen LogP contribution in [0.1, 0.15) is 57.5 Å². The lowest BCUT2D eigenvalue weighted by atomic mass is 9.88.